The van der Waals surface area contributed by atoms with Crippen molar-refractivity contribution in [3.05, 3.63) is 30.1 Å². The number of para-hydroxylation sites is 2. The lowest BCUT2D eigenvalue weighted by molar-refractivity contribution is 0.730. The fourth-order valence-electron chi connectivity index (χ4n) is 2.53. The van der Waals surface area contributed by atoms with Gasteiger partial charge >= 0.3 is 0 Å². The minimum absolute atomic E-state index is 0.328. The molecule has 0 aliphatic carbocycles. The molecule has 96 valence electrons. The van der Waals surface area contributed by atoms with E-state index in [2.05, 4.69) is 21.0 Å². The number of aromatic amines is 1. The lowest BCUT2D eigenvalue weighted by atomic mass is 9.99. The number of nitrogens with one attached hydrogen (secondary N) is 1. The molecular formula is C15H16N4. The van der Waals surface area contributed by atoms with Crippen molar-refractivity contribution >= 4 is 16.7 Å². The molecule has 1 aromatic carbocycles. The van der Waals surface area contributed by atoms with Crippen molar-refractivity contribution in [2.75, 3.05) is 6.54 Å². The second kappa shape index (κ2) is 5.23. The van der Waals surface area contributed by atoms with Crippen molar-refractivity contribution in [3.8, 4) is 6.07 Å². The molecule has 4 heteroatoms. The smallest absolute Gasteiger partial charge is 0.142 e. The second-order valence-corrected chi connectivity index (χ2v) is 4.89. The topological polar surface area (TPSA) is 64.8 Å². The van der Waals surface area contributed by atoms with Crippen molar-refractivity contribution in [1.29, 1.82) is 5.26 Å². The molecule has 2 heterocycles. The highest BCUT2D eigenvalue weighted by molar-refractivity contribution is 5.93. The summed E-state index contributed by atoms with van der Waals surface area (Å²) < 4.78 is 0. The number of H-pyrrole nitrogens is 1. The SMILES string of the molecule is N#C[C@@H](C1=NCCCCC1)c1nc2ccccc2[nH]1. The molecule has 1 N–H and O–H groups in total. The van der Waals surface area contributed by atoms with Crippen LogP contribution >= 0.6 is 0 Å². The molecule has 2 aromatic rings. The van der Waals surface area contributed by atoms with E-state index in [1.165, 1.54) is 6.42 Å². The lowest BCUT2D eigenvalue weighted by Gasteiger charge is -2.08. The van der Waals surface area contributed by atoms with Gasteiger partial charge in [0.25, 0.3) is 0 Å². The predicted octanol–water partition coefficient (Wildman–Crippen LogP) is 3.19. The molecule has 1 aliphatic rings. The van der Waals surface area contributed by atoms with Gasteiger partial charge in [-0.1, -0.05) is 18.6 Å². The summed E-state index contributed by atoms with van der Waals surface area (Å²) in [6.07, 6.45) is 4.36. The van der Waals surface area contributed by atoms with E-state index < -0.39 is 0 Å². The average molecular weight is 252 g/mol. The van der Waals surface area contributed by atoms with Crippen LogP contribution in [0.5, 0.6) is 0 Å². The summed E-state index contributed by atoms with van der Waals surface area (Å²) in [6, 6.07) is 10.2. The van der Waals surface area contributed by atoms with Crippen LogP contribution in [0.4, 0.5) is 0 Å². The summed E-state index contributed by atoms with van der Waals surface area (Å²) in [5, 5.41) is 9.46. The summed E-state index contributed by atoms with van der Waals surface area (Å²) >= 11 is 0. The van der Waals surface area contributed by atoms with Crippen LogP contribution in [0.3, 0.4) is 0 Å². The van der Waals surface area contributed by atoms with Gasteiger partial charge < -0.3 is 4.98 Å². The number of aliphatic imine (C=N–C) groups is 1. The highest BCUT2D eigenvalue weighted by atomic mass is 14.9. The van der Waals surface area contributed by atoms with Gasteiger partial charge in [0.1, 0.15) is 11.7 Å². The number of nitrogens with zero attached hydrogens (tertiary/aromatic N) is 3. The molecule has 0 unspecified atom stereocenters. The van der Waals surface area contributed by atoms with Gasteiger partial charge in [0.15, 0.2) is 0 Å². The summed E-state index contributed by atoms with van der Waals surface area (Å²) in [7, 11) is 0. The van der Waals surface area contributed by atoms with E-state index in [0.717, 1.165) is 48.4 Å². The fraction of sp³-hybridized carbons (Fsp3) is 0.400. The third-order valence-electron chi connectivity index (χ3n) is 3.55. The maximum Gasteiger partial charge on any atom is 0.142 e. The Kier molecular flexibility index (Phi) is 3.28. The van der Waals surface area contributed by atoms with E-state index in [4.69, 9.17) is 0 Å². The fourth-order valence-corrected chi connectivity index (χ4v) is 2.53. The van der Waals surface area contributed by atoms with Crippen molar-refractivity contribution in [2.45, 2.75) is 31.6 Å². The maximum absolute atomic E-state index is 9.46. The minimum atomic E-state index is -0.328. The standard InChI is InChI=1S/C15H16N4/c16-10-11(12-6-2-1-5-9-17-12)15-18-13-7-3-4-8-14(13)19-15/h3-4,7-8,11H,1-2,5-6,9H2,(H,18,19)/t11-/m0/s1. The zero-order valence-electron chi connectivity index (χ0n) is 10.8. The summed E-state index contributed by atoms with van der Waals surface area (Å²) in [4.78, 5) is 12.4. The Bertz CT molecular complexity index is 614. The van der Waals surface area contributed by atoms with Crippen molar-refractivity contribution in [1.82, 2.24) is 9.97 Å². The van der Waals surface area contributed by atoms with Crippen LogP contribution in [0.25, 0.3) is 11.0 Å². The highest BCUT2D eigenvalue weighted by Gasteiger charge is 2.22. The van der Waals surface area contributed by atoms with Gasteiger partial charge in [-0.3, -0.25) is 4.99 Å². The molecular weight excluding hydrogens is 236 g/mol. The third kappa shape index (κ3) is 2.37. The Balaban J connectivity index is 1.97. The van der Waals surface area contributed by atoms with E-state index in [0.29, 0.717) is 0 Å². The lowest BCUT2D eigenvalue weighted by Crippen LogP contribution is -2.12. The van der Waals surface area contributed by atoms with Gasteiger partial charge in [-0.2, -0.15) is 5.26 Å². The van der Waals surface area contributed by atoms with Gasteiger partial charge in [-0.05, 0) is 31.4 Å². The summed E-state index contributed by atoms with van der Waals surface area (Å²) in [6.45, 7) is 0.841. The molecule has 0 radical (unpaired) electrons. The van der Waals surface area contributed by atoms with Crippen molar-refractivity contribution in [3.63, 3.8) is 0 Å². The quantitative estimate of drug-likeness (QED) is 0.892. The van der Waals surface area contributed by atoms with E-state index >= 15 is 0 Å². The molecule has 3 rings (SSSR count). The number of imidazole rings is 1. The highest BCUT2D eigenvalue weighted by Crippen LogP contribution is 2.22. The molecule has 0 amide bonds. The van der Waals surface area contributed by atoms with Crippen LogP contribution in [-0.2, 0) is 0 Å². The number of hydrogen-bond donors (Lipinski definition) is 1. The maximum atomic E-state index is 9.46. The van der Waals surface area contributed by atoms with E-state index in [1.807, 2.05) is 24.3 Å². The molecule has 0 saturated heterocycles. The Morgan fingerprint density at radius 1 is 1.21 bits per heavy atom. The molecule has 0 bridgehead atoms. The van der Waals surface area contributed by atoms with Gasteiger partial charge in [0, 0.05) is 12.3 Å². The first-order valence-electron chi connectivity index (χ1n) is 6.76. The largest absolute Gasteiger partial charge is 0.341 e. The van der Waals surface area contributed by atoms with Gasteiger partial charge in [0.05, 0.1) is 17.1 Å². The van der Waals surface area contributed by atoms with Gasteiger partial charge in [-0.25, -0.2) is 4.98 Å². The average Bonchev–Trinajstić information content (AvgIpc) is 2.67. The second-order valence-electron chi connectivity index (χ2n) is 4.89. The van der Waals surface area contributed by atoms with Crippen LogP contribution in [-0.4, -0.2) is 22.2 Å². The van der Waals surface area contributed by atoms with Crippen LogP contribution in [0.1, 0.15) is 37.4 Å². The zero-order valence-corrected chi connectivity index (χ0v) is 10.8. The molecule has 1 aliphatic heterocycles. The van der Waals surface area contributed by atoms with Gasteiger partial charge in [-0.15, -0.1) is 0 Å². The van der Waals surface area contributed by atoms with Gasteiger partial charge in [0.2, 0.25) is 0 Å². The van der Waals surface area contributed by atoms with Crippen LogP contribution in [0, 0.1) is 11.3 Å². The van der Waals surface area contributed by atoms with Crippen LogP contribution in [0.2, 0.25) is 0 Å². The molecule has 19 heavy (non-hydrogen) atoms. The Hall–Kier alpha value is -2.15. The van der Waals surface area contributed by atoms with E-state index in [1.54, 1.807) is 0 Å². The predicted molar refractivity (Wildman–Crippen MR) is 75.2 cm³/mol. The van der Waals surface area contributed by atoms with Crippen LogP contribution in [0.15, 0.2) is 29.3 Å². The monoisotopic (exact) mass is 252 g/mol. The Morgan fingerprint density at radius 2 is 2.11 bits per heavy atom. The van der Waals surface area contributed by atoms with Crippen molar-refractivity contribution in [2.24, 2.45) is 4.99 Å². The number of nitriles is 1. The van der Waals surface area contributed by atoms with Crippen LogP contribution < -0.4 is 0 Å². The number of rotatable bonds is 2. The molecule has 1 atom stereocenters. The van der Waals surface area contributed by atoms with E-state index in [9.17, 15) is 5.26 Å². The molecule has 0 fully saturated rings. The molecule has 0 saturated carbocycles. The first kappa shape index (κ1) is 11.9. The number of aromatic nitrogens is 2. The first-order chi connectivity index (χ1) is 9.38. The number of benzene rings is 1. The third-order valence-corrected chi connectivity index (χ3v) is 3.55. The van der Waals surface area contributed by atoms with E-state index in [-0.39, 0.29) is 5.92 Å². The Morgan fingerprint density at radius 3 is 2.95 bits per heavy atom. The summed E-state index contributed by atoms with van der Waals surface area (Å²) in [5.41, 5.74) is 2.87. The molecule has 4 nitrogen and oxygen atoms in total. The zero-order chi connectivity index (χ0) is 13.1. The number of hydrogen-bond acceptors (Lipinski definition) is 3. The molecule has 0 spiro atoms. The normalized spacial score (nSPS) is 17.5. The van der Waals surface area contributed by atoms with Crippen molar-refractivity contribution < 1.29 is 0 Å². The summed E-state index contributed by atoms with van der Waals surface area (Å²) in [5.74, 6) is 0.398. The molecule has 1 aromatic heterocycles. The minimum Gasteiger partial charge on any atom is -0.341 e. The Labute approximate surface area is 112 Å². The first-order valence-corrected chi connectivity index (χ1v) is 6.76. The number of fused-ring (bicyclic) bond motifs is 1.